The second-order valence-corrected chi connectivity index (χ2v) is 5.96. The third kappa shape index (κ3) is 4.57. The van der Waals surface area contributed by atoms with Crippen LogP contribution in [0.4, 0.5) is 0 Å². The summed E-state index contributed by atoms with van der Waals surface area (Å²) in [6.45, 7) is 3.21. The van der Waals surface area contributed by atoms with Gasteiger partial charge in [-0.3, -0.25) is 9.59 Å². The third-order valence-corrected chi connectivity index (χ3v) is 4.10. The summed E-state index contributed by atoms with van der Waals surface area (Å²) >= 11 is 0. The van der Waals surface area contributed by atoms with Crippen LogP contribution in [-0.4, -0.2) is 42.4 Å². The Labute approximate surface area is 142 Å². The molecule has 2 amide bonds. The lowest BCUT2D eigenvalue weighted by molar-refractivity contribution is -0.143. The van der Waals surface area contributed by atoms with Gasteiger partial charge in [0.1, 0.15) is 6.04 Å². The normalized spacial score (nSPS) is 15.2. The number of rotatable bonds is 7. The van der Waals surface area contributed by atoms with Gasteiger partial charge in [0.2, 0.25) is 5.91 Å². The first kappa shape index (κ1) is 18.0. The summed E-state index contributed by atoms with van der Waals surface area (Å²) in [5, 5.41) is 2.72. The van der Waals surface area contributed by atoms with E-state index in [1.165, 1.54) is 7.11 Å². The lowest BCUT2D eigenvalue weighted by atomic mass is 10.1. The maximum Gasteiger partial charge on any atom is 0.328 e. The Bertz CT molecular complexity index is 615. The molecule has 24 heavy (non-hydrogen) atoms. The molecule has 0 aliphatic carbocycles. The zero-order chi connectivity index (χ0) is 17.5. The molecule has 130 valence electrons. The van der Waals surface area contributed by atoms with Gasteiger partial charge in [-0.1, -0.05) is 25.5 Å². The Balaban J connectivity index is 2.05. The minimum Gasteiger partial charge on any atom is -0.467 e. The van der Waals surface area contributed by atoms with Crippen LogP contribution in [0.3, 0.4) is 0 Å². The van der Waals surface area contributed by atoms with Gasteiger partial charge in [0.25, 0.3) is 5.91 Å². The quantitative estimate of drug-likeness (QED) is 0.774. The minimum atomic E-state index is -0.642. The zero-order valence-electron chi connectivity index (χ0n) is 14.2. The molecule has 0 radical (unpaired) electrons. The first-order chi connectivity index (χ1) is 11.5. The molecule has 1 aliphatic rings. The number of ether oxygens (including phenoxy) is 1. The fourth-order valence-electron chi connectivity index (χ4n) is 2.82. The largest absolute Gasteiger partial charge is 0.467 e. The van der Waals surface area contributed by atoms with E-state index < -0.39 is 12.0 Å². The molecule has 2 rings (SSSR count). The van der Waals surface area contributed by atoms with Gasteiger partial charge in [0.15, 0.2) is 0 Å². The number of likely N-dealkylation sites (tertiary alicyclic amines) is 1. The van der Waals surface area contributed by atoms with Crippen molar-refractivity contribution in [3.8, 4) is 0 Å². The number of carbonyl (C=O) groups excluding carboxylic acids is 3. The fourth-order valence-corrected chi connectivity index (χ4v) is 2.82. The first-order valence-corrected chi connectivity index (χ1v) is 8.30. The highest BCUT2D eigenvalue weighted by Crippen LogP contribution is 2.15. The molecular formula is C18H24N2O4. The molecule has 1 N–H and O–H groups in total. The maximum atomic E-state index is 12.4. The minimum absolute atomic E-state index is 0.151. The van der Waals surface area contributed by atoms with Gasteiger partial charge in [-0.2, -0.15) is 0 Å². The van der Waals surface area contributed by atoms with Crippen molar-refractivity contribution in [2.45, 2.75) is 45.2 Å². The summed E-state index contributed by atoms with van der Waals surface area (Å²) < 4.78 is 4.73. The fraction of sp³-hybridized carbons (Fsp3) is 0.500. The molecule has 0 spiro atoms. The molecule has 6 nitrogen and oxygen atoms in total. The van der Waals surface area contributed by atoms with Crippen LogP contribution in [0, 0.1) is 0 Å². The lowest BCUT2D eigenvalue weighted by Gasteiger charge is -2.17. The van der Waals surface area contributed by atoms with Crippen molar-refractivity contribution in [2.75, 3.05) is 13.7 Å². The number of nitrogens with zero attached hydrogens (tertiary/aromatic N) is 1. The summed E-state index contributed by atoms with van der Waals surface area (Å²) in [4.78, 5) is 37.6. The Morgan fingerprint density at radius 1 is 1.38 bits per heavy atom. The summed E-state index contributed by atoms with van der Waals surface area (Å²) in [6, 6.07) is 6.51. The second kappa shape index (κ2) is 8.47. The van der Waals surface area contributed by atoms with E-state index in [1.54, 1.807) is 23.1 Å². The SMILES string of the molecule is CCC[C@@H](NC(=O)c1cccc(CN2CCCC2=O)c1)C(=O)OC. The molecule has 1 aromatic carbocycles. The monoisotopic (exact) mass is 332 g/mol. The van der Waals surface area contributed by atoms with E-state index >= 15 is 0 Å². The molecule has 0 saturated carbocycles. The van der Waals surface area contributed by atoms with Gasteiger partial charge < -0.3 is 15.0 Å². The van der Waals surface area contributed by atoms with Gasteiger partial charge in [0, 0.05) is 25.1 Å². The van der Waals surface area contributed by atoms with Crippen LogP contribution >= 0.6 is 0 Å². The van der Waals surface area contributed by atoms with Crippen molar-refractivity contribution in [2.24, 2.45) is 0 Å². The molecule has 6 heteroatoms. The van der Waals surface area contributed by atoms with Crippen molar-refractivity contribution in [3.05, 3.63) is 35.4 Å². The molecule has 0 aromatic heterocycles. The van der Waals surface area contributed by atoms with E-state index in [2.05, 4.69) is 5.32 Å². The summed E-state index contributed by atoms with van der Waals surface area (Å²) in [6.07, 6.45) is 2.77. The number of hydrogen-bond donors (Lipinski definition) is 1. The van der Waals surface area contributed by atoms with E-state index in [-0.39, 0.29) is 11.8 Å². The van der Waals surface area contributed by atoms with Crippen molar-refractivity contribution >= 4 is 17.8 Å². The predicted octanol–water partition coefficient (Wildman–Crippen LogP) is 1.88. The predicted molar refractivity (Wildman–Crippen MR) is 89.3 cm³/mol. The second-order valence-electron chi connectivity index (χ2n) is 5.96. The third-order valence-electron chi connectivity index (χ3n) is 4.10. The van der Waals surface area contributed by atoms with E-state index in [4.69, 9.17) is 4.74 Å². The van der Waals surface area contributed by atoms with Crippen molar-refractivity contribution in [3.63, 3.8) is 0 Å². The molecule has 1 atom stereocenters. The molecular weight excluding hydrogens is 308 g/mol. The van der Waals surface area contributed by atoms with Crippen LogP contribution in [0.2, 0.25) is 0 Å². The van der Waals surface area contributed by atoms with Gasteiger partial charge in [-0.05, 0) is 30.5 Å². The van der Waals surface area contributed by atoms with Crippen LogP contribution in [0.1, 0.15) is 48.5 Å². The average molecular weight is 332 g/mol. The topological polar surface area (TPSA) is 75.7 Å². The Kier molecular flexibility index (Phi) is 6.35. The van der Waals surface area contributed by atoms with E-state index in [0.717, 1.165) is 24.9 Å². The molecule has 1 heterocycles. The highest BCUT2D eigenvalue weighted by atomic mass is 16.5. The summed E-state index contributed by atoms with van der Waals surface area (Å²) in [5.74, 6) is -0.601. The zero-order valence-corrected chi connectivity index (χ0v) is 14.2. The van der Waals surface area contributed by atoms with E-state index in [1.807, 2.05) is 13.0 Å². The Morgan fingerprint density at radius 3 is 2.79 bits per heavy atom. The van der Waals surface area contributed by atoms with Crippen LogP contribution in [0.15, 0.2) is 24.3 Å². The van der Waals surface area contributed by atoms with Crippen LogP contribution in [0.25, 0.3) is 0 Å². The lowest BCUT2D eigenvalue weighted by Crippen LogP contribution is -2.41. The highest BCUT2D eigenvalue weighted by Gasteiger charge is 2.22. The molecule has 1 aromatic rings. The van der Waals surface area contributed by atoms with Gasteiger partial charge in [0.05, 0.1) is 7.11 Å². The average Bonchev–Trinajstić information content (AvgIpc) is 2.98. The molecule has 1 saturated heterocycles. The molecule has 1 fully saturated rings. The van der Waals surface area contributed by atoms with Crippen LogP contribution in [0.5, 0.6) is 0 Å². The van der Waals surface area contributed by atoms with Crippen LogP contribution in [-0.2, 0) is 20.9 Å². The summed E-state index contributed by atoms with van der Waals surface area (Å²) in [5.41, 5.74) is 1.38. The van der Waals surface area contributed by atoms with Crippen molar-refractivity contribution in [1.82, 2.24) is 10.2 Å². The number of hydrogen-bond acceptors (Lipinski definition) is 4. The number of amides is 2. The highest BCUT2D eigenvalue weighted by molar-refractivity contribution is 5.96. The van der Waals surface area contributed by atoms with Gasteiger partial charge in [-0.25, -0.2) is 4.79 Å². The molecule has 1 aliphatic heterocycles. The molecule has 0 unspecified atom stereocenters. The number of nitrogens with one attached hydrogen (secondary N) is 1. The maximum absolute atomic E-state index is 12.4. The number of benzene rings is 1. The Morgan fingerprint density at radius 2 is 2.17 bits per heavy atom. The number of esters is 1. The van der Waals surface area contributed by atoms with Crippen molar-refractivity contribution in [1.29, 1.82) is 0 Å². The smallest absolute Gasteiger partial charge is 0.328 e. The van der Waals surface area contributed by atoms with Crippen LogP contribution < -0.4 is 5.32 Å². The van der Waals surface area contributed by atoms with Gasteiger partial charge >= 0.3 is 5.97 Å². The number of methoxy groups -OCH3 is 1. The van der Waals surface area contributed by atoms with E-state index in [0.29, 0.717) is 24.9 Å². The molecule has 0 bridgehead atoms. The first-order valence-electron chi connectivity index (χ1n) is 8.30. The van der Waals surface area contributed by atoms with Crippen molar-refractivity contribution < 1.29 is 19.1 Å². The summed E-state index contributed by atoms with van der Waals surface area (Å²) in [7, 11) is 1.31. The van der Waals surface area contributed by atoms with E-state index in [9.17, 15) is 14.4 Å². The number of carbonyl (C=O) groups is 3. The van der Waals surface area contributed by atoms with Gasteiger partial charge in [-0.15, -0.1) is 0 Å². The Hall–Kier alpha value is -2.37. The standard InChI is InChI=1S/C18H24N2O4/c1-3-6-15(18(23)24-2)19-17(22)14-8-4-7-13(11-14)12-20-10-5-9-16(20)21/h4,7-8,11,15H,3,5-6,9-10,12H2,1-2H3,(H,19,22)/t15-/m1/s1.